The van der Waals surface area contributed by atoms with Gasteiger partial charge in [-0.1, -0.05) is 163 Å². The first-order valence-corrected chi connectivity index (χ1v) is 23.6. The normalized spacial score (nSPS) is 11.8. The van der Waals surface area contributed by atoms with Crippen LogP contribution >= 0.6 is 0 Å². The van der Waals surface area contributed by atoms with Gasteiger partial charge >= 0.3 is 0 Å². The van der Waals surface area contributed by atoms with Gasteiger partial charge in [0.05, 0.1) is 31.9 Å². The summed E-state index contributed by atoms with van der Waals surface area (Å²) in [5.74, 6) is 0.991. The van der Waals surface area contributed by atoms with Crippen molar-refractivity contribution in [2.45, 2.75) is 16.7 Å². The number of pyridine rings is 1. The predicted molar refractivity (Wildman–Crippen MR) is 271 cm³/mol. The Hall–Kier alpha value is -8.32. The minimum atomic E-state index is -4.03. The molecular weight excluding hydrogens is 827 g/mol. The van der Waals surface area contributed by atoms with E-state index in [4.69, 9.17) is 4.98 Å². The van der Waals surface area contributed by atoms with Crippen LogP contribution < -0.4 is 0 Å². The van der Waals surface area contributed by atoms with E-state index in [1.807, 2.05) is 43.3 Å². The minimum Gasteiger partial charge on any atom is -0.294 e. The van der Waals surface area contributed by atoms with Crippen LogP contribution in [0.2, 0.25) is 0 Å². The van der Waals surface area contributed by atoms with Gasteiger partial charge in [-0.05, 0) is 112 Å². The van der Waals surface area contributed by atoms with E-state index in [0.717, 1.165) is 93.7 Å². The molecular formula is C60H41N3O2S. The quantitative estimate of drug-likeness (QED) is 0.153. The van der Waals surface area contributed by atoms with Crippen molar-refractivity contribution in [2.24, 2.45) is 0 Å². The number of hydrogen-bond acceptors (Lipinski definition) is 3. The van der Waals surface area contributed by atoms with E-state index in [2.05, 4.69) is 179 Å². The molecule has 12 rings (SSSR count). The van der Waals surface area contributed by atoms with E-state index in [-0.39, 0.29) is 9.79 Å². The maximum Gasteiger partial charge on any atom is 0.206 e. The minimum absolute atomic E-state index is 0.153. The van der Waals surface area contributed by atoms with Gasteiger partial charge in [0, 0.05) is 33.7 Å². The van der Waals surface area contributed by atoms with Crippen molar-refractivity contribution >= 4 is 53.4 Å². The molecule has 9 aromatic carbocycles. The molecule has 0 bridgehead atoms. The van der Waals surface area contributed by atoms with E-state index in [9.17, 15) is 0 Å². The van der Waals surface area contributed by atoms with Gasteiger partial charge in [-0.15, -0.1) is 0 Å². The Bertz CT molecular complexity index is 3500. The van der Waals surface area contributed by atoms with Gasteiger partial charge in [-0.25, -0.2) is 13.4 Å². The van der Waals surface area contributed by atoms with Crippen molar-refractivity contribution in [3.8, 4) is 56.1 Å². The summed E-state index contributed by atoms with van der Waals surface area (Å²) >= 11 is 0. The molecule has 0 aliphatic carbocycles. The first-order chi connectivity index (χ1) is 32.4. The van der Waals surface area contributed by atoms with Crippen molar-refractivity contribution < 1.29 is 8.42 Å². The molecule has 0 saturated heterocycles. The first-order valence-electron chi connectivity index (χ1n) is 22.1. The lowest BCUT2D eigenvalue weighted by molar-refractivity contribution is 0.595. The monoisotopic (exact) mass is 867 g/mol. The fourth-order valence-electron chi connectivity index (χ4n) is 9.50. The van der Waals surface area contributed by atoms with Crippen molar-refractivity contribution in [3.63, 3.8) is 0 Å². The molecule has 0 amide bonds. The molecule has 12 aromatic rings. The van der Waals surface area contributed by atoms with Crippen LogP contribution in [0.15, 0.2) is 240 Å². The molecule has 0 fully saturated rings. The topological polar surface area (TPSA) is 56.9 Å². The standard InChI is InChI=1S/C60H41N3O2S/c1-40-22-28-49(29-23-40)66(64,65)50-38-59(62-55-30-24-45(41-14-6-2-7-15-41)34-51(55)52-35-46(25-31-56(52)62)42-16-8-3-9-17-42)61-60(39-50)63-57-32-26-47(43-18-10-4-11-19-43)36-53(57)54-37-48(27-33-58(54)63)44-20-12-5-13-21-44/h2-39H,1H3. The van der Waals surface area contributed by atoms with Crippen molar-refractivity contribution in [1.82, 2.24) is 14.1 Å². The molecule has 0 spiro atoms. The molecule has 0 saturated carbocycles. The number of hydrogen-bond donors (Lipinski definition) is 0. The Morgan fingerprint density at radius 3 is 0.924 bits per heavy atom. The third kappa shape index (κ3) is 6.70. The summed E-state index contributed by atoms with van der Waals surface area (Å²) in [6.07, 6.45) is 0. The van der Waals surface area contributed by atoms with Crippen molar-refractivity contribution in [3.05, 3.63) is 236 Å². The summed E-state index contributed by atoms with van der Waals surface area (Å²) < 4.78 is 34.3. The number of aryl methyl sites for hydroxylation is 1. The van der Waals surface area contributed by atoms with E-state index in [1.165, 1.54) is 0 Å². The van der Waals surface area contributed by atoms with Crippen LogP contribution in [0.4, 0.5) is 0 Å². The third-order valence-electron chi connectivity index (χ3n) is 12.8. The number of benzene rings is 9. The molecule has 3 aromatic heterocycles. The Morgan fingerprint density at radius 1 is 0.318 bits per heavy atom. The summed E-state index contributed by atoms with van der Waals surface area (Å²) in [6, 6.07) is 78.2. The molecule has 314 valence electrons. The molecule has 3 heterocycles. The van der Waals surface area contributed by atoms with Crippen molar-refractivity contribution in [1.29, 1.82) is 0 Å². The summed E-state index contributed by atoms with van der Waals surface area (Å²) in [4.78, 5) is 5.90. The van der Waals surface area contributed by atoms with Gasteiger partial charge in [-0.3, -0.25) is 9.13 Å². The molecule has 0 atom stereocenters. The number of aromatic nitrogens is 3. The first kappa shape index (κ1) is 39.3. The highest BCUT2D eigenvalue weighted by Crippen LogP contribution is 2.41. The van der Waals surface area contributed by atoms with Crippen LogP contribution in [0.1, 0.15) is 5.56 Å². The van der Waals surface area contributed by atoms with E-state index in [1.54, 1.807) is 24.3 Å². The highest BCUT2D eigenvalue weighted by atomic mass is 32.2. The molecule has 0 unspecified atom stereocenters. The lowest BCUT2D eigenvalue weighted by Crippen LogP contribution is -2.09. The zero-order valence-electron chi connectivity index (χ0n) is 36.0. The molecule has 66 heavy (non-hydrogen) atoms. The van der Waals surface area contributed by atoms with Crippen LogP contribution in [0.25, 0.3) is 99.8 Å². The second kappa shape index (κ2) is 15.7. The molecule has 0 radical (unpaired) electrons. The summed E-state index contributed by atoms with van der Waals surface area (Å²) in [6.45, 7) is 1.96. The van der Waals surface area contributed by atoms with E-state index in [0.29, 0.717) is 11.6 Å². The number of fused-ring (bicyclic) bond motifs is 6. The Kier molecular flexibility index (Phi) is 9.37. The van der Waals surface area contributed by atoms with Crippen LogP contribution in [0, 0.1) is 6.92 Å². The number of rotatable bonds is 8. The zero-order valence-corrected chi connectivity index (χ0v) is 36.8. The average molecular weight is 868 g/mol. The summed E-state index contributed by atoms with van der Waals surface area (Å²) in [5, 5.41) is 4.16. The lowest BCUT2D eigenvalue weighted by Gasteiger charge is -2.15. The van der Waals surface area contributed by atoms with Gasteiger partial charge < -0.3 is 0 Å². The molecule has 0 aliphatic rings. The van der Waals surface area contributed by atoms with Crippen LogP contribution in [-0.2, 0) is 9.84 Å². The Balaban J connectivity index is 1.16. The second-order valence-electron chi connectivity index (χ2n) is 16.9. The molecule has 6 heteroatoms. The highest BCUT2D eigenvalue weighted by molar-refractivity contribution is 7.91. The Morgan fingerprint density at radius 2 is 0.621 bits per heavy atom. The fraction of sp³-hybridized carbons (Fsp3) is 0.0167. The van der Waals surface area contributed by atoms with Crippen LogP contribution in [-0.4, -0.2) is 22.5 Å². The second-order valence-corrected chi connectivity index (χ2v) is 18.8. The van der Waals surface area contributed by atoms with Gasteiger partial charge in [0.1, 0.15) is 11.6 Å². The number of sulfone groups is 1. The summed E-state index contributed by atoms with van der Waals surface area (Å²) in [5.41, 5.74) is 13.5. The lowest BCUT2D eigenvalue weighted by atomic mass is 10.0. The SMILES string of the molecule is Cc1ccc(S(=O)(=O)c2cc(-n3c4ccc(-c5ccccc5)cc4c4cc(-c5ccccc5)ccc43)nc(-n3c4ccc(-c5ccccc5)cc4c4cc(-c5ccccc5)ccc43)c2)cc1. The van der Waals surface area contributed by atoms with Gasteiger partial charge in [0.15, 0.2) is 0 Å². The molecule has 0 N–H and O–H groups in total. The highest BCUT2D eigenvalue weighted by Gasteiger charge is 2.25. The smallest absolute Gasteiger partial charge is 0.206 e. The van der Waals surface area contributed by atoms with Crippen LogP contribution in [0.3, 0.4) is 0 Å². The Labute approximate surface area is 383 Å². The van der Waals surface area contributed by atoms with Gasteiger partial charge in [-0.2, -0.15) is 0 Å². The maximum absolute atomic E-state index is 15.0. The van der Waals surface area contributed by atoms with Gasteiger partial charge in [0.25, 0.3) is 0 Å². The summed E-state index contributed by atoms with van der Waals surface area (Å²) in [7, 11) is -4.03. The maximum atomic E-state index is 15.0. The van der Waals surface area contributed by atoms with E-state index >= 15 is 8.42 Å². The predicted octanol–water partition coefficient (Wildman–Crippen LogP) is 15.1. The van der Waals surface area contributed by atoms with Gasteiger partial charge in [0.2, 0.25) is 9.84 Å². The third-order valence-corrected chi connectivity index (χ3v) is 14.6. The van der Waals surface area contributed by atoms with Crippen molar-refractivity contribution in [2.75, 3.05) is 0 Å². The average Bonchev–Trinajstić information content (AvgIpc) is 3.89. The zero-order chi connectivity index (χ0) is 44.4. The number of nitrogens with zero attached hydrogens (tertiary/aromatic N) is 3. The molecule has 0 aliphatic heterocycles. The molecule has 5 nitrogen and oxygen atoms in total. The van der Waals surface area contributed by atoms with E-state index < -0.39 is 9.84 Å². The van der Waals surface area contributed by atoms with Crippen LogP contribution in [0.5, 0.6) is 0 Å². The largest absolute Gasteiger partial charge is 0.294 e. The fourth-order valence-corrected chi connectivity index (χ4v) is 10.8.